The lowest BCUT2D eigenvalue weighted by molar-refractivity contribution is -0.157. The number of carbonyl (C=O) groups excluding carboxylic acids is 8. The number of ketones is 4. The molecule has 730 valence electrons. The van der Waals surface area contributed by atoms with Crippen molar-refractivity contribution >= 4 is 89.8 Å². The van der Waals surface area contributed by atoms with Gasteiger partial charge in [0.25, 0.3) is 0 Å². The van der Waals surface area contributed by atoms with Crippen molar-refractivity contribution in [2.75, 3.05) is 53.4 Å². The van der Waals surface area contributed by atoms with Gasteiger partial charge in [0.05, 0.1) is 58.6 Å². The molecule has 6 aromatic rings. The van der Waals surface area contributed by atoms with E-state index in [1.54, 1.807) is 92.8 Å². The number of carboxylic acid groups (broad SMARTS) is 1. The van der Waals surface area contributed by atoms with E-state index in [0.29, 0.717) is 55.0 Å². The second-order valence-corrected chi connectivity index (χ2v) is 35.5. The Morgan fingerprint density at radius 3 is 0.933 bits per heavy atom. The molecule has 0 spiro atoms. The van der Waals surface area contributed by atoms with Crippen molar-refractivity contribution in [1.82, 2.24) is 0 Å². The van der Waals surface area contributed by atoms with Crippen LogP contribution in [0.4, 0.5) is 0 Å². The summed E-state index contributed by atoms with van der Waals surface area (Å²) in [5, 5.41) is 43.9. The minimum absolute atomic E-state index is 0.0000950. The first-order chi connectivity index (χ1) is 64.5. The van der Waals surface area contributed by atoms with Gasteiger partial charge in [0.1, 0.15) is 44.9 Å². The molecule has 4 fully saturated rings. The topological polar surface area (TPSA) is 338 Å². The van der Waals surface area contributed by atoms with Gasteiger partial charge in [-0.25, -0.2) is 9.59 Å². The Bertz CT molecular complexity index is 4620. The smallest absolute Gasteiger partial charge is 0.330 e. The molecule has 134 heavy (non-hydrogen) atoms. The molecule has 5 N–H and O–H groups in total. The zero-order valence-corrected chi connectivity index (χ0v) is 80.5. The molecular weight excluding hydrogens is 1700 g/mol. The second kappa shape index (κ2) is 67.7. The molecule has 0 bridgehead atoms. The fourth-order valence-electron chi connectivity index (χ4n) is 15.2. The first-order valence-electron chi connectivity index (χ1n) is 47.6. The number of esters is 3. The summed E-state index contributed by atoms with van der Waals surface area (Å²) in [6.07, 6.45) is 42.3. The molecule has 4 aliphatic rings. The number of methoxy groups -OCH3 is 1. The summed E-state index contributed by atoms with van der Waals surface area (Å²) in [4.78, 5) is 105. The number of aryl methyl sites for hydroxylation is 2. The third kappa shape index (κ3) is 51.3. The maximum Gasteiger partial charge on any atom is 0.330 e. The van der Waals surface area contributed by atoms with Crippen LogP contribution in [0.1, 0.15) is 262 Å². The number of rotatable bonds is 47. The van der Waals surface area contributed by atoms with E-state index in [2.05, 4.69) is 56.7 Å². The molecule has 23 nitrogen and oxygen atoms in total. The van der Waals surface area contributed by atoms with Crippen LogP contribution in [-0.2, 0) is 114 Å². The molecule has 0 heterocycles. The van der Waals surface area contributed by atoms with Gasteiger partial charge in [-0.3, -0.25) is 33.6 Å². The first kappa shape index (κ1) is 114. The molecule has 0 aromatic heterocycles. The highest BCUT2D eigenvalue weighted by atomic mass is 16.7. The Balaban J connectivity index is 0.000000294. The fourth-order valence-corrected chi connectivity index (χ4v) is 15.2. The summed E-state index contributed by atoms with van der Waals surface area (Å²) in [6.45, 7) is 19.0. The Morgan fingerprint density at radius 1 is 0.343 bits per heavy atom. The molecule has 4 saturated carbocycles. The fraction of sp³-hybridized carbons (Fsp3) is 0.486. The van der Waals surface area contributed by atoms with Crippen molar-refractivity contribution in [2.24, 2.45) is 41.4 Å². The van der Waals surface area contributed by atoms with Crippen LogP contribution in [0.25, 0.3) is 36.5 Å². The summed E-state index contributed by atoms with van der Waals surface area (Å²) < 4.78 is 48.8. The van der Waals surface area contributed by atoms with Crippen molar-refractivity contribution in [3.05, 3.63) is 249 Å². The van der Waals surface area contributed by atoms with Gasteiger partial charge >= 0.3 is 23.9 Å². The Hall–Kier alpha value is -10.4. The lowest BCUT2D eigenvalue weighted by Crippen LogP contribution is -2.30. The van der Waals surface area contributed by atoms with Gasteiger partial charge in [-0.05, 0) is 275 Å². The van der Waals surface area contributed by atoms with Crippen LogP contribution < -0.4 is 0 Å². The van der Waals surface area contributed by atoms with E-state index < -0.39 is 25.2 Å². The predicted octanol–water partition coefficient (Wildman–Crippen LogP) is 20.3. The highest BCUT2D eigenvalue weighted by Gasteiger charge is 2.35. The van der Waals surface area contributed by atoms with Crippen LogP contribution in [0.15, 0.2) is 182 Å². The average molecular weight is 1850 g/mol. The Labute approximate surface area is 794 Å². The molecule has 4 aliphatic carbocycles. The van der Waals surface area contributed by atoms with E-state index in [4.69, 9.17) is 63.4 Å². The standard InChI is InChI=1S/C31H46O5.C25H34O4.C17H24O4.C17H22O4.C11H12O3.C10H10O3/c1-23(2)21-34-24(3)35-22-28(32)18-16-25-10-9-11-26(20-25)17-19-30(27-12-5-4-6-13-27)31(33)36-29-14-7-8-15-29;26-18-22(27)15-13-19-7-6-8-20(17-19)14-16-24(21-9-2-1-3-10-21)25(28)29-23-11-4-5-12-23;2*1-13(2)11-20-14(3)21-12-17(19)8-7-15-5-4-6-16(9-15)10-18;1-14-11(13)6-5-9-3-2-4-10(7-9)8-12;11-7-9-3-1-2-8(6-9)4-5-10(12)13/h9-11,16,18,20,23-24,27,29-30H,4-8,12-15,17,19,21-22H2,1-3H3;6-8,13,15,17,21,23-24,26H,1-5,9-12,14,16,18H2;4-9,13-14,18H,10-12H2,1-3H3;4-10,13-14H,11-12H2,1-3H3;2-7,12H,8H2,1H3;1-6,11H,7H2,(H,12,13)/b18-16+;15-13+;2*8-7+;6-5+;5-4+/t24?,30-;24-;;;;/m00..../s1. The number of aldehydes is 1. The third-order valence-electron chi connectivity index (χ3n) is 22.5. The average Bonchev–Trinajstić information content (AvgIpc) is 1.27. The van der Waals surface area contributed by atoms with Crippen LogP contribution in [0.3, 0.4) is 0 Å². The van der Waals surface area contributed by atoms with Crippen molar-refractivity contribution in [1.29, 1.82) is 0 Å². The summed E-state index contributed by atoms with van der Waals surface area (Å²) in [7, 11) is 1.33. The highest BCUT2D eigenvalue weighted by molar-refractivity contribution is 5.96. The summed E-state index contributed by atoms with van der Waals surface area (Å²) in [5.74, 6) is 0.185. The van der Waals surface area contributed by atoms with Crippen molar-refractivity contribution in [2.45, 2.75) is 254 Å². The number of ether oxygens (including phenoxy) is 9. The number of carbonyl (C=O) groups is 9. The van der Waals surface area contributed by atoms with E-state index in [1.807, 2.05) is 99.6 Å². The van der Waals surface area contributed by atoms with Gasteiger partial charge in [-0.15, -0.1) is 0 Å². The van der Waals surface area contributed by atoms with Crippen LogP contribution in [-0.4, -0.2) is 163 Å². The van der Waals surface area contributed by atoms with E-state index in [1.165, 1.54) is 107 Å². The van der Waals surface area contributed by atoms with Crippen LogP contribution in [0.5, 0.6) is 0 Å². The van der Waals surface area contributed by atoms with E-state index in [9.17, 15) is 43.2 Å². The van der Waals surface area contributed by atoms with Gasteiger partial charge in [0.2, 0.25) is 0 Å². The van der Waals surface area contributed by atoms with Gasteiger partial charge in [-0.1, -0.05) is 226 Å². The number of carboxylic acids is 1. The van der Waals surface area contributed by atoms with Crippen molar-refractivity contribution in [3.63, 3.8) is 0 Å². The van der Waals surface area contributed by atoms with Gasteiger partial charge in [0.15, 0.2) is 42.0 Å². The molecule has 10 rings (SSSR count). The Morgan fingerprint density at radius 2 is 0.627 bits per heavy atom. The van der Waals surface area contributed by atoms with Crippen molar-refractivity contribution in [3.8, 4) is 0 Å². The van der Waals surface area contributed by atoms with Crippen LogP contribution in [0.2, 0.25) is 0 Å². The minimum atomic E-state index is -0.977. The SMILES string of the molecule is CC(C)COC(C)OCC(=O)/C=C/c1cccc(C=O)c1.CC(C)COC(C)OCC(=O)/C=C/c1cccc(CC[C@H](C(=O)OC2CCCC2)C2CCCCC2)c1.CC(C)COC(C)OCC(=O)/C=C/c1cccc(CO)c1.COC(=O)/C=C/c1cccc(CO)c1.O=C(/C=C/c1cccc(CC[C@H](C(=O)OC2CCCC2)C2CCCCC2)c1)CO.O=C(O)/C=C/c1cccc(CO)c1. The first-order valence-corrected chi connectivity index (χ1v) is 47.6. The maximum absolute atomic E-state index is 13.2. The van der Waals surface area contributed by atoms with Gasteiger partial charge in [-0.2, -0.15) is 0 Å². The second-order valence-electron chi connectivity index (χ2n) is 35.5. The number of aliphatic hydroxyl groups is 4. The van der Waals surface area contributed by atoms with E-state index >= 15 is 0 Å². The maximum atomic E-state index is 13.2. The molecule has 0 radical (unpaired) electrons. The summed E-state index contributed by atoms with van der Waals surface area (Å²) in [6, 6.07) is 45.0. The molecule has 0 amide bonds. The number of aliphatic carboxylic acids is 1. The number of benzene rings is 6. The van der Waals surface area contributed by atoms with Crippen LogP contribution in [0, 0.1) is 41.4 Å². The molecule has 3 unspecified atom stereocenters. The van der Waals surface area contributed by atoms with Crippen LogP contribution >= 0.6 is 0 Å². The molecule has 0 saturated heterocycles. The molecular formula is C111H148O23. The number of hydrogen-bond donors (Lipinski definition) is 5. The minimum Gasteiger partial charge on any atom is -0.478 e. The largest absolute Gasteiger partial charge is 0.478 e. The lowest BCUT2D eigenvalue weighted by atomic mass is 9.77. The monoisotopic (exact) mass is 1850 g/mol. The zero-order valence-electron chi connectivity index (χ0n) is 80.5. The predicted molar refractivity (Wildman–Crippen MR) is 525 cm³/mol. The molecule has 5 atom stereocenters. The third-order valence-corrected chi connectivity index (χ3v) is 22.5. The number of hydrogen-bond acceptors (Lipinski definition) is 22. The number of aliphatic hydroxyl groups excluding tert-OH is 4. The summed E-state index contributed by atoms with van der Waals surface area (Å²) >= 11 is 0. The van der Waals surface area contributed by atoms with Gasteiger partial charge < -0.3 is 68.2 Å². The normalized spacial score (nSPS) is 15.5. The highest BCUT2D eigenvalue weighted by Crippen LogP contribution is 2.37. The molecule has 0 aliphatic heterocycles. The summed E-state index contributed by atoms with van der Waals surface area (Å²) in [5.41, 5.74) is 10.6. The van der Waals surface area contributed by atoms with E-state index in [-0.39, 0.29) is 111 Å². The quantitative estimate of drug-likeness (QED) is 0.00779. The lowest BCUT2D eigenvalue weighted by Gasteiger charge is -2.30. The van der Waals surface area contributed by atoms with E-state index in [0.717, 1.165) is 145 Å². The zero-order chi connectivity index (χ0) is 97.6. The van der Waals surface area contributed by atoms with Gasteiger partial charge in [0, 0.05) is 17.7 Å². The van der Waals surface area contributed by atoms with Crippen molar-refractivity contribution < 1.29 is 111 Å². The molecule has 23 heteroatoms. The molecule has 6 aromatic carbocycles. The Kier molecular flexibility index (Phi) is 57.7.